The number of carbonyl (C=O) groups excluding carboxylic acids is 4. The van der Waals surface area contributed by atoms with E-state index in [1.807, 2.05) is 13.0 Å². The van der Waals surface area contributed by atoms with E-state index < -0.39 is 17.8 Å². The van der Waals surface area contributed by atoms with Gasteiger partial charge in [0.25, 0.3) is 0 Å². The molecule has 10 nitrogen and oxygen atoms in total. The van der Waals surface area contributed by atoms with Crippen LogP contribution in [-0.4, -0.2) is 74.0 Å². The molecule has 3 aliphatic rings. The fourth-order valence-electron chi connectivity index (χ4n) is 5.98. The third kappa shape index (κ3) is 5.77. The SMILES string of the molecule is COc1ccc(OCCN2C(=O)[C@@H]3C(C)=C[C@H]([C@@H]4CC(=O)N(CCOc5ccc(OC)cc5)C4=O)C[C@@H]3C2=O)cc1. The molecule has 0 aromatic heterocycles. The van der Waals surface area contributed by atoms with Gasteiger partial charge in [-0.2, -0.15) is 0 Å². The van der Waals surface area contributed by atoms with Gasteiger partial charge in [-0.05, 0) is 67.8 Å². The lowest BCUT2D eigenvalue weighted by Gasteiger charge is -2.29. The zero-order valence-corrected chi connectivity index (χ0v) is 23.4. The molecule has 5 rings (SSSR count). The Morgan fingerprint density at radius 1 is 0.683 bits per heavy atom. The second-order valence-corrected chi connectivity index (χ2v) is 10.5. The monoisotopic (exact) mass is 562 g/mol. The number of hydrogen-bond acceptors (Lipinski definition) is 8. The van der Waals surface area contributed by atoms with Gasteiger partial charge in [0, 0.05) is 6.42 Å². The first-order valence-electron chi connectivity index (χ1n) is 13.7. The van der Waals surface area contributed by atoms with Crippen molar-refractivity contribution < 1.29 is 38.1 Å². The van der Waals surface area contributed by atoms with Crippen molar-refractivity contribution in [1.29, 1.82) is 0 Å². The van der Waals surface area contributed by atoms with Crippen LogP contribution in [0.5, 0.6) is 23.0 Å². The van der Waals surface area contributed by atoms with Crippen molar-refractivity contribution in [2.75, 3.05) is 40.5 Å². The molecule has 0 saturated carbocycles. The van der Waals surface area contributed by atoms with E-state index in [1.165, 1.54) is 9.80 Å². The molecule has 4 atom stereocenters. The molecule has 0 spiro atoms. The Morgan fingerprint density at radius 3 is 1.71 bits per heavy atom. The molecule has 41 heavy (non-hydrogen) atoms. The Bertz CT molecular complexity index is 1340. The summed E-state index contributed by atoms with van der Waals surface area (Å²) in [5.74, 6) is -0.319. The minimum Gasteiger partial charge on any atom is -0.497 e. The number of likely N-dealkylation sites (tertiary alicyclic amines) is 2. The van der Waals surface area contributed by atoms with E-state index in [2.05, 4.69) is 0 Å². The van der Waals surface area contributed by atoms with Crippen molar-refractivity contribution >= 4 is 23.6 Å². The van der Waals surface area contributed by atoms with Crippen LogP contribution in [0, 0.1) is 23.7 Å². The van der Waals surface area contributed by atoms with E-state index in [-0.39, 0.29) is 62.3 Å². The van der Waals surface area contributed by atoms with Crippen LogP contribution in [0.2, 0.25) is 0 Å². The van der Waals surface area contributed by atoms with Gasteiger partial charge in [0.05, 0.1) is 45.1 Å². The number of rotatable bonds is 11. The van der Waals surface area contributed by atoms with Gasteiger partial charge in [0.1, 0.15) is 36.2 Å². The predicted octanol–water partition coefficient (Wildman–Crippen LogP) is 3.10. The maximum Gasteiger partial charge on any atom is 0.237 e. The molecule has 1 aliphatic carbocycles. The van der Waals surface area contributed by atoms with E-state index in [9.17, 15) is 19.2 Å². The summed E-state index contributed by atoms with van der Waals surface area (Å²) in [7, 11) is 3.16. The molecule has 2 aromatic rings. The van der Waals surface area contributed by atoms with Crippen molar-refractivity contribution in [1.82, 2.24) is 9.80 Å². The average Bonchev–Trinajstić information content (AvgIpc) is 3.40. The average molecular weight is 563 g/mol. The molecule has 0 unspecified atom stereocenters. The van der Waals surface area contributed by atoms with E-state index in [1.54, 1.807) is 62.8 Å². The summed E-state index contributed by atoms with van der Waals surface area (Å²) in [6, 6.07) is 14.1. The molecule has 2 fully saturated rings. The van der Waals surface area contributed by atoms with Crippen molar-refractivity contribution in [2.24, 2.45) is 23.7 Å². The van der Waals surface area contributed by atoms with Crippen LogP contribution in [0.15, 0.2) is 60.2 Å². The number of fused-ring (bicyclic) bond motifs is 1. The van der Waals surface area contributed by atoms with Gasteiger partial charge in [-0.3, -0.25) is 29.0 Å². The highest BCUT2D eigenvalue weighted by atomic mass is 16.5. The van der Waals surface area contributed by atoms with Gasteiger partial charge in [-0.25, -0.2) is 0 Å². The van der Waals surface area contributed by atoms with Crippen LogP contribution in [0.1, 0.15) is 19.8 Å². The van der Waals surface area contributed by atoms with Crippen molar-refractivity contribution in [3.8, 4) is 23.0 Å². The number of hydrogen-bond donors (Lipinski definition) is 0. The topological polar surface area (TPSA) is 112 Å². The Balaban J connectivity index is 1.17. The van der Waals surface area contributed by atoms with Crippen LogP contribution >= 0.6 is 0 Å². The van der Waals surface area contributed by atoms with Gasteiger partial charge in [-0.1, -0.05) is 11.6 Å². The third-order valence-electron chi connectivity index (χ3n) is 8.09. The van der Waals surface area contributed by atoms with Crippen LogP contribution in [0.25, 0.3) is 0 Å². The molecule has 0 radical (unpaired) electrons. The summed E-state index contributed by atoms with van der Waals surface area (Å²) in [5, 5.41) is 0. The highest BCUT2D eigenvalue weighted by Crippen LogP contribution is 2.44. The first-order chi connectivity index (χ1) is 19.8. The first kappa shape index (κ1) is 28.2. The standard InChI is InChI=1S/C31H34N2O8/c1-19-16-20(25-18-27(34)32(29(25)35)12-14-40-23-8-4-21(38-2)5-9-23)17-26-28(19)31(37)33(30(26)36)13-15-41-24-10-6-22(39-3)7-11-24/h4-11,16,20,25-26,28H,12-15,17-18H2,1-3H3/t20-,25-,26-,28+/m0/s1. The number of nitrogens with zero attached hydrogens (tertiary/aromatic N) is 2. The first-order valence-corrected chi connectivity index (χ1v) is 13.7. The lowest BCUT2D eigenvalue weighted by Crippen LogP contribution is -2.37. The zero-order chi connectivity index (χ0) is 29.1. The Kier molecular flexibility index (Phi) is 8.28. The second-order valence-electron chi connectivity index (χ2n) is 10.5. The fourth-order valence-corrected chi connectivity index (χ4v) is 5.98. The van der Waals surface area contributed by atoms with Crippen molar-refractivity contribution in [3.63, 3.8) is 0 Å². The normalized spacial score (nSPS) is 23.9. The third-order valence-corrected chi connectivity index (χ3v) is 8.09. The van der Waals surface area contributed by atoms with Crippen LogP contribution in [0.3, 0.4) is 0 Å². The summed E-state index contributed by atoms with van der Waals surface area (Å²) < 4.78 is 21.7. The van der Waals surface area contributed by atoms with Gasteiger partial charge in [-0.15, -0.1) is 0 Å². The lowest BCUT2D eigenvalue weighted by molar-refractivity contribution is -0.142. The summed E-state index contributed by atoms with van der Waals surface area (Å²) in [6.45, 7) is 2.44. The van der Waals surface area contributed by atoms with Gasteiger partial charge < -0.3 is 18.9 Å². The summed E-state index contributed by atoms with van der Waals surface area (Å²) in [5.41, 5.74) is 0.768. The Hall–Kier alpha value is -4.34. The van der Waals surface area contributed by atoms with Gasteiger partial charge in [0.2, 0.25) is 23.6 Å². The number of allylic oxidation sites excluding steroid dienone is 1. The van der Waals surface area contributed by atoms with Crippen LogP contribution in [0.4, 0.5) is 0 Å². The number of imide groups is 2. The summed E-state index contributed by atoms with van der Waals surface area (Å²) in [6.07, 6.45) is 2.34. The largest absolute Gasteiger partial charge is 0.497 e. The summed E-state index contributed by atoms with van der Waals surface area (Å²) >= 11 is 0. The molecule has 10 heteroatoms. The van der Waals surface area contributed by atoms with E-state index in [4.69, 9.17) is 18.9 Å². The minimum atomic E-state index is -0.560. The lowest BCUT2D eigenvalue weighted by atomic mass is 9.71. The smallest absolute Gasteiger partial charge is 0.237 e. The molecule has 0 N–H and O–H groups in total. The highest BCUT2D eigenvalue weighted by molar-refractivity contribution is 6.07. The van der Waals surface area contributed by atoms with Crippen molar-refractivity contribution in [3.05, 3.63) is 60.2 Å². The van der Waals surface area contributed by atoms with E-state index in [0.717, 1.165) is 5.57 Å². The zero-order valence-electron chi connectivity index (χ0n) is 23.4. The maximum atomic E-state index is 13.3. The van der Waals surface area contributed by atoms with E-state index >= 15 is 0 Å². The molecular formula is C31H34N2O8. The number of ether oxygens (including phenoxy) is 4. The Labute approximate surface area is 238 Å². The minimum absolute atomic E-state index is 0.0781. The Morgan fingerprint density at radius 2 is 1.17 bits per heavy atom. The molecule has 2 saturated heterocycles. The number of methoxy groups -OCH3 is 2. The highest BCUT2D eigenvalue weighted by Gasteiger charge is 2.53. The molecule has 0 bridgehead atoms. The molecule has 2 heterocycles. The molecule has 2 aromatic carbocycles. The molecule has 2 aliphatic heterocycles. The predicted molar refractivity (Wildman–Crippen MR) is 147 cm³/mol. The number of amides is 4. The van der Waals surface area contributed by atoms with Crippen LogP contribution < -0.4 is 18.9 Å². The molecule has 216 valence electrons. The maximum absolute atomic E-state index is 13.3. The van der Waals surface area contributed by atoms with Crippen molar-refractivity contribution in [2.45, 2.75) is 19.8 Å². The second kappa shape index (κ2) is 12.0. The number of benzene rings is 2. The van der Waals surface area contributed by atoms with E-state index in [0.29, 0.717) is 29.4 Å². The van der Waals surface area contributed by atoms with Gasteiger partial charge in [0.15, 0.2) is 0 Å². The molecular weight excluding hydrogens is 528 g/mol. The molecule has 4 amide bonds. The fraction of sp³-hybridized carbons (Fsp3) is 0.419. The summed E-state index contributed by atoms with van der Waals surface area (Å²) in [4.78, 5) is 55.1. The number of carbonyl (C=O) groups is 4. The quantitative estimate of drug-likeness (QED) is 0.304. The van der Waals surface area contributed by atoms with Gasteiger partial charge >= 0.3 is 0 Å². The van der Waals surface area contributed by atoms with Crippen LogP contribution in [-0.2, 0) is 19.2 Å².